The minimum atomic E-state index is -1.87. The second-order valence-electron chi connectivity index (χ2n) is 9.07. The van der Waals surface area contributed by atoms with Crippen LogP contribution < -0.4 is 5.32 Å². The van der Waals surface area contributed by atoms with Crippen molar-refractivity contribution in [1.82, 2.24) is 5.32 Å². The maximum atomic E-state index is 11.9. The van der Waals surface area contributed by atoms with E-state index in [1.165, 1.54) is 0 Å². The Hall–Kier alpha value is -1.13. The number of rotatable bonds is 8. The van der Waals surface area contributed by atoms with Gasteiger partial charge in [-0.15, -0.1) is 0 Å². The molecule has 3 aliphatic heterocycles. The molecule has 216 valence electrons. The summed E-state index contributed by atoms with van der Waals surface area (Å²) in [6.07, 6.45) is -23.2. The molecule has 0 aromatic carbocycles. The number of nitrogens with one attached hydrogen (secondary N) is 1. The SMILES string of the molecule is CC(=O)N[C@H]1[C@H](O[C@@H]2[C@@H](O)[C@H](O)O[C@H](CO)[C@@H]2O)O[C@H](CO)[C@@H](O[C@@H]2O[C@H](CO)[C@H](O)[C@H](O)[C@H]2O)[C@@H]1O. The van der Waals surface area contributed by atoms with E-state index in [-0.39, 0.29) is 0 Å². The van der Waals surface area contributed by atoms with Gasteiger partial charge in [-0.05, 0) is 0 Å². The van der Waals surface area contributed by atoms with Crippen LogP contribution in [-0.2, 0) is 28.5 Å². The van der Waals surface area contributed by atoms with Gasteiger partial charge in [0, 0.05) is 6.92 Å². The molecule has 3 saturated heterocycles. The number of hydrogen-bond donors (Lipinski definition) is 11. The molecule has 0 bridgehead atoms. The lowest BCUT2D eigenvalue weighted by atomic mass is 9.94. The van der Waals surface area contributed by atoms with Gasteiger partial charge in [0.15, 0.2) is 18.9 Å². The molecular formula is C20H35NO16. The number of aliphatic hydroxyl groups is 10. The summed E-state index contributed by atoms with van der Waals surface area (Å²) in [5, 5.41) is 103. The predicted octanol–water partition coefficient (Wildman–Crippen LogP) is -7.43. The molecule has 37 heavy (non-hydrogen) atoms. The average molecular weight is 545 g/mol. The van der Waals surface area contributed by atoms with Crippen molar-refractivity contribution in [1.29, 1.82) is 0 Å². The summed E-state index contributed by atoms with van der Waals surface area (Å²) in [7, 11) is 0. The third kappa shape index (κ3) is 6.38. The predicted molar refractivity (Wildman–Crippen MR) is 113 cm³/mol. The second kappa shape index (κ2) is 12.8. The molecule has 0 spiro atoms. The summed E-state index contributed by atoms with van der Waals surface area (Å²) >= 11 is 0. The van der Waals surface area contributed by atoms with Gasteiger partial charge in [0.2, 0.25) is 5.91 Å². The summed E-state index contributed by atoms with van der Waals surface area (Å²) in [6, 6.07) is -1.48. The van der Waals surface area contributed by atoms with Crippen molar-refractivity contribution in [3.8, 4) is 0 Å². The Labute approximate surface area is 210 Å². The Kier molecular flexibility index (Phi) is 10.5. The molecule has 0 radical (unpaired) electrons. The smallest absolute Gasteiger partial charge is 0.217 e. The first-order valence-corrected chi connectivity index (χ1v) is 11.6. The molecule has 15 atom stereocenters. The highest BCUT2D eigenvalue weighted by Crippen LogP contribution is 2.32. The molecule has 0 aliphatic carbocycles. The molecule has 0 aromatic rings. The van der Waals surface area contributed by atoms with Crippen LogP contribution in [0, 0.1) is 0 Å². The first-order valence-electron chi connectivity index (χ1n) is 11.6. The van der Waals surface area contributed by atoms with Crippen LogP contribution in [-0.4, -0.2) is 169 Å². The Bertz CT molecular complexity index is 745. The highest BCUT2D eigenvalue weighted by atomic mass is 16.7. The van der Waals surface area contributed by atoms with Gasteiger partial charge in [0.1, 0.15) is 73.2 Å². The van der Waals surface area contributed by atoms with Crippen LogP contribution in [0.5, 0.6) is 0 Å². The summed E-state index contributed by atoms with van der Waals surface area (Å²) in [6.45, 7) is -1.23. The molecular weight excluding hydrogens is 510 g/mol. The zero-order valence-electron chi connectivity index (χ0n) is 19.7. The highest BCUT2D eigenvalue weighted by molar-refractivity contribution is 5.73. The van der Waals surface area contributed by atoms with Gasteiger partial charge in [-0.2, -0.15) is 0 Å². The van der Waals surface area contributed by atoms with Crippen molar-refractivity contribution in [3.63, 3.8) is 0 Å². The monoisotopic (exact) mass is 545 g/mol. The quantitative estimate of drug-likeness (QED) is 0.135. The molecule has 3 aliphatic rings. The number of carbonyl (C=O) groups excluding carboxylic acids is 1. The van der Waals surface area contributed by atoms with E-state index in [4.69, 9.17) is 23.7 Å². The maximum absolute atomic E-state index is 11.9. The van der Waals surface area contributed by atoms with E-state index in [9.17, 15) is 55.9 Å². The molecule has 11 N–H and O–H groups in total. The summed E-state index contributed by atoms with van der Waals surface area (Å²) in [4.78, 5) is 11.9. The first kappa shape index (κ1) is 30.4. The van der Waals surface area contributed by atoms with Crippen LogP contribution in [0.15, 0.2) is 0 Å². The van der Waals surface area contributed by atoms with Gasteiger partial charge < -0.3 is 80.1 Å². The van der Waals surface area contributed by atoms with Gasteiger partial charge in [-0.1, -0.05) is 0 Å². The van der Waals surface area contributed by atoms with Crippen molar-refractivity contribution < 1.29 is 79.5 Å². The van der Waals surface area contributed by atoms with Crippen molar-refractivity contribution in [2.75, 3.05) is 19.8 Å². The molecule has 0 saturated carbocycles. The fourth-order valence-corrected chi connectivity index (χ4v) is 4.46. The molecule has 3 rings (SSSR count). The number of carbonyl (C=O) groups is 1. The zero-order valence-corrected chi connectivity index (χ0v) is 19.7. The minimum absolute atomic E-state index is 0.684. The lowest BCUT2D eigenvalue weighted by molar-refractivity contribution is -0.365. The fourth-order valence-electron chi connectivity index (χ4n) is 4.46. The second-order valence-corrected chi connectivity index (χ2v) is 9.07. The molecule has 17 nitrogen and oxygen atoms in total. The minimum Gasteiger partial charge on any atom is -0.394 e. The van der Waals surface area contributed by atoms with Crippen molar-refractivity contribution in [3.05, 3.63) is 0 Å². The van der Waals surface area contributed by atoms with E-state index >= 15 is 0 Å². The fraction of sp³-hybridized carbons (Fsp3) is 0.950. The Morgan fingerprint density at radius 3 is 1.76 bits per heavy atom. The third-order valence-corrected chi connectivity index (χ3v) is 6.49. The Morgan fingerprint density at radius 1 is 0.649 bits per heavy atom. The summed E-state index contributed by atoms with van der Waals surface area (Å²) in [5.41, 5.74) is 0. The standard InChI is InChI=1S/C20H35NO16/c1-5(25)21-9-12(28)16(36-20-14(30)13(29)10(26)6(2-22)34-20)8(4-24)35-19(9)37-17-11(27)7(3-23)33-18(32)15(17)31/h6-20,22-24,26-32H,2-4H2,1H3,(H,21,25)/t6-,7-,8-,9-,10+,11+,12-,13+,14-,15-,16-,17+,18-,19+,20+/m1/s1. The van der Waals surface area contributed by atoms with Crippen LogP contribution >= 0.6 is 0 Å². The van der Waals surface area contributed by atoms with Crippen LogP contribution in [0.3, 0.4) is 0 Å². The normalized spacial score (nSPS) is 49.0. The Balaban J connectivity index is 1.83. The first-order chi connectivity index (χ1) is 17.4. The van der Waals surface area contributed by atoms with E-state index in [2.05, 4.69) is 5.32 Å². The van der Waals surface area contributed by atoms with Crippen LogP contribution in [0.1, 0.15) is 6.92 Å². The molecule has 1 amide bonds. The van der Waals surface area contributed by atoms with Crippen LogP contribution in [0.4, 0.5) is 0 Å². The van der Waals surface area contributed by atoms with E-state index in [0.29, 0.717) is 0 Å². The van der Waals surface area contributed by atoms with Gasteiger partial charge in [0.25, 0.3) is 0 Å². The maximum Gasteiger partial charge on any atom is 0.217 e. The van der Waals surface area contributed by atoms with Crippen LogP contribution in [0.2, 0.25) is 0 Å². The van der Waals surface area contributed by atoms with Crippen LogP contribution in [0.25, 0.3) is 0 Å². The number of aliphatic hydroxyl groups excluding tert-OH is 10. The van der Waals surface area contributed by atoms with Crippen molar-refractivity contribution in [2.24, 2.45) is 0 Å². The van der Waals surface area contributed by atoms with Crippen molar-refractivity contribution >= 4 is 5.91 Å². The van der Waals surface area contributed by atoms with E-state index in [0.717, 1.165) is 6.92 Å². The summed E-state index contributed by atoms with van der Waals surface area (Å²) < 4.78 is 27.0. The number of ether oxygens (including phenoxy) is 5. The highest BCUT2D eigenvalue weighted by Gasteiger charge is 2.53. The van der Waals surface area contributed by atoms with E-state index in [1.807, 2.05) is 0 Å². The summed E-state index contributed by atoms with van der Waals surface area (Å²) in [5.74, 6) is -0.684. The van der Waals surface area contributed by atoms with Gasteiger partial charge in [-0.3, -0.25) is 4.79 Å². The molecule has 3 heterocycles. The molecule has 3 fully saturated rings. The lowest BCUT2D eigenvalue weighted by Crippen LogP contribution is -2.69. The van der Waals surface area contributed by atoms with Crippen molar-refractivity contribution in [2.45, 2.75) is 99.0 Å². The topological polar surface area (TPSA) is 278 Å². The third-order valence-electron chi connectivity index (χ3n) is 6.49. The van der Waals surface area contributed by atoms with Gasteiger partial charge in [0.05, 0.1) is 19.8 Å². The van der Waals surface area contributed by atoms with E-state index in [1.54, 1.807) is 0 Å². The Morgan fingerprint density at radius 2 is 1.19 bits per heavy atom. The molecule has 17 heteroatoms. The average Bonchev–Trinajstić information content (AvgIpc) is 2.87. The zero-order chi connectivity index (χ0) is 27.6. The lowest BCUT2D eigenvalue weighted by Gasteiger charge is -2.49. The van der Waals surface area contributed by atoms with E-state index < -0.39 is 118 Å². The largest absolute Gasteiger partial charge is 0.394 e. The van der Waals surface area contributed by atoms with Gasteiger partial charge in [-0.25, -0.2) is 0 Å². The molecule has 0 unspecified atom stereocenters. The molecule has 0 aromatic heterocycles. The van der Waals surface area contributed by atoms with Gasteiger partial charge >= 0.3 is 0 Å². The number of amides is 1. The number of hydrogen-bond acceptors (Lipinski definition) is 16.